The van der Waals surface area contributed by atoms with Crippen LogP contribution in [-0.2, 0) is 10.0 Å². The number of nitrogens with zero attached hydrogens (tertiary/aromatic N) is 2. The topological polar surface area (TPSA) is 122 Å². The summed E-state index contributed by atoms with van der Waals surface area (Å²) in [4.78, 5) is 20.4. The summed E-state index contributed by atoms with van der Waals surface area (Å²) in [6.07, 6.45) is 2.34. The first kappa shape index (κ1) is 24.8. The lowest BCUT2D eigenvalue weighted by Gasteiger charge is -2.21. The van der Waals surface area contributed by atoms with E-state index in [9.17, 15) is 13.2 Å². The molecule has 0 unspecified atom stereocenters. The summed E-state index contributed by atoms with van der Waals surface area (Å²) >= 11 is 6.24. The van der Waals surface area contributed by atoms with Gasteiger partial charge >= 0.3 is 6.03 Å². The van der Waals surface area contributed by atoms with Crippen LogP contribution in [0.15, 0.2) is 29.6 Å². The van der Waals surface area contributed by atoms with Crippen molar-refractivity contribution in [3.05, 3.63) is 40.7 Å². The summed E-state index contributed by atoms with van der Waals surface area (Å²) in [6.45, 7) is 8.69. The fourth-order valence-electron chi connectivity index (χ4n) is 2.81. The van der Waals surface area contributed by atoms with E-state index in [1.165, 1.54) is 6.20 Å². The largest absolute Gasteiger partial charge is 0.475 e. The molecule has 1 aromatic heterocycles. The van der Waals surface area contributed by atoms with Gasteiger partial charge in [0.15, 0.2) is 5.03 Å². The smallest absolute Gasteiger partial charge is 0.333 e. The van der Waals surface area contributed by atoms with Crippen molar-refractivity contribution in [3.8, 4) is 5.88 Å². The standard InChI is InChI=1S/C20H28ClN5O4S/c1-12(2)15-8-14(21)9-16(13(3)4)19(15)25-20(27)26-31(28,29)18-11-23-10-17(24-18)30-7-6-22-5/h8-13,22H,6-7H2,1-5H3,(H2,25,26,27). The number of rotatable bonds is 9. The lowest BCUT2D eigenvalue weighted by molar-refractivity contribution is 0.256. The maximum absolute atomic E-state index is 12.6. The molecule has 0 fully saturated rings. The van der Waals surface area contributed by atoms with E-state index in [2.05, 4.69) is 20.6 Å². The molecule has 0 aliphatic rings. The molecule has 0 bridgehead atoms. The SMILES string of the molecule is CNCCOc1cncc(S(=O)(=O)NC(=O)Nc2c(C(C)C)cc(Cl)cc2C(C)C)n1. The Morgan fingerprint density at radius 1 is 1.13 bits per heavy atom. The summed E-state index contributed by atoms with van der Waals surface area (Å²) in [5, 5.41) is 5.70. The highest BCUT2D eigenvalue weighted by molar-refractivity contribution is 7.90. The molecule has 0 spiro atoms. The molecular formula is C20H28ClN5O4S. The van der Waals surface area contributed by atoms with Crippen molar-refractivity contribution in [2.45, 2.75) is 44.6 Å². The minimum atomic E-state index is -4.26. The maximum atomic E-state index is 12.6. The van der Waals surface area contributed by atoms with Gasteiger partial charge in [0.1, 0.15) is 6.61 Å². The molecular weight excluding hydrogens is 442 g/mol. The first-order valence-corrected chi connectivity index (χ1v) is 11.7. The third-order valence-corrected chi connectivity index (χ3v) is 5.76. The third-order valence-electron chi connectivity index (χ3n) is 4.34. The van der Waals surface area contributed by atoms with Gasteiger partial charge in [-0.05, 0) is 42.1 Å². The molecule has 170 valence electrons. The molecule has 0 radical (unpaired) electrons. The van der Waals surface area contributed by atoms with Gasteiger partial charge in [-0.15, -0.1) is 0 Å². The van der Waals surface area contributed by atoms with Crippen LogP contribution in [0.5, 0.6) is 5.88 Å². The Morgan fingerprint density at radius 3 is 2.29 bits per heavy atom. The minimum absolute atomic E-state index is 0.0421. The van der Waals surface area contributed by atoms with Crippen LogP contribution in [0.3, 0.4) is 0 Å². The van der Waals surface area contributed by atoms with E-state index in [0.29, 0.717) is 17.3 Å². The Balaban J connectivity index is 2.25. The van der Waals surface area contributed by atoms with Crippen molar-refractivity contribution < 1.29 is 17.9 Å². The lowest BCUT2D eigenvalue weighted by atomic mass is 9.92. The zero-order valence-electron chi connectivity index (χ0n) is 18.2. The van der Waals surface area contributed by atoms with Crippen LogP contribution in [0, 0.1) is 0 Å². The summed E-state index contributed by atoms with van der Waals surface area (Å²) < 4.78 is 32.6. The average molecular weight is 470 g/mol. The number of urea groups is 1. The molecule has 3 N–H and O–H groups in total. The summed E-state index contributed by atoms with van der Waals surface area (Å²) in [5.74, 6) is 0.154. The van der Waals surface area contributed by atoms with Crippen LogP contribution in [0.4, 0.5) is 10.5 Å². The molecule has 0 saturated carbocycles. The Bertz CT molecular complexity index is 999. The number of aromatic nitrogens is 2. The van der Waals surface area contributed by atoms with Crippen molar-refractivity contribution in [2.24, 2.45) is 0 Å². The Labute approximate surface area is 188 Å². The van der Waals surface area contributed by atoms with Crippen LogP contribution in [0.2, 0.25) is 5.02 Å². The van der Waals surface area contributed by atoms with E-state index in [1.54, 1.807) is 19.2 Å². The second-order valence-corrected chi connectivity index (χ2v) is 9.54. The molecule has 2 amide bonds. The zero-order chi connectivity index (χ0) is 23.2. The van der Waals surface area contributed by atoms with E-state index in [0.717, 1.165) is 17.3 Å². The average Bonchev–Trinajstić information content (AvgIpc) is 2.68. The summed E-state index contributed by atoms with van der Waals surface area (Å²) in [5.41, 5.74) is 2.16. The van der Waals surface area contributed by atoms with Gasteiger partial charge < -0.3 is 15.4 Å². The number of amides is 2. The second kappa shape index (κ2) is 10.7. The van der Waals surface area contributed by atoms with Gasteiger partial charge in [-0.2, -0.15) is 13.4 Å². The van der Waals surface area contributed by atoms with Crippen molar-refractivity contribution in [1.29, 1.82) is 0 Å². The molecule has 9 nitrogen and oxygen atoms in total. The van der Waals surface area contributed by atoms with E-state index < -0.39 is 21.1 Å². The van der Waals surface area contributed by atoms with E-state index in [-0.39, 0.29) is 24.3 Å². The maximum Gasteiger partial charge on any atom is 0.333 e. The van der Waals surface area contributed by atoms with Crippen molar-refractivity contribution >= 4 is 33.3 Å². The Kier molecular flexibility index (Phi) is 8.60. The van der Waals surface area contributed by atoms with E-state index >= 15 is 0 Å². The van der Waals surface area contributed by atoms with E-state index in [1.807, 2.05) is 32.4 Å². The highest BCUT2D eigenvalue weighted by Crippen LogP contribution is 2.35. The molecule has 11 heteroatoms. The monoisotopic (exact) mass is 469 g/mol. The summed E-state index contributed by atoms with van der Waals surface area (Å²) in [7, 11) is -2.51. The quantitative estimate of drug-likeness (QED) is 0.480. The normalized spacial score (nSPS) is 11.6. The van der Waals surface area contributed by atoms with Gasteiger partial charge in [0, 0.05) is 17.3 Å². The van der Waals surface area contributed by atoms with Crippen LogP contribution >= 0.6 is 11.6 Å². The van der Waals surface area contributed by atoms with Gasteiger partial charge in [0.05, 0.1) is 12.4 Å². The van der Waals surface area contributed by atoms with E-state index in [4.69, 9.17) is 16.3 Å². The zero-order valence-corrected chi connectivity index (χ0v) is 19.8. The van der Waals surface area contributed by atoms with Crippen LogP contribution < -0.4 is 20.1 Å². The van der Waals surface area contributed by atoms with Crippen molar-refractivity contribution in [3.63, 3.8) is 0 Å². The molecule has 1 aromatic carbocycles. The molecule has 2 rings (SSSR count). The van der Waals surface area contributed by atoms with Crippen LogP contribution in [-0.4, -0.2) is 44.6 Å². The number of nitrogens with one attached hydrogen (secondary N) is 3. The van der Waals surface area contributed by atoms with Gasteiger partial charge in [-0.25, -0.2) is 9.52 Å². The number of carbonyl (C=O) groups excluding carboxylic acids is 1. The molecule has 0 aliphatic carbocycles. The third kappa shape index (κ3) is 6.78. The number of halogens is 1. The predicted molar refractivity (Wildman–Crippen MR) is 120 cm³/mol. The van der Waals surface area contributed by atoms with Gasteiger partial charge in [-0.3, -0.25) is 4.98 Å². The number of benzene rings is 1. The molecule has 0 saturated heterocycles. The Hall–Kier alpha value is -2.43. The number of anilines is 1. The first-order valence-electron chi connectivity index (χ1n) is 9.81. The number of sulfonamides is 1. The molecule has 0 aliphatic heterocycles. The van der Waals surface area contributed by atoms with Crippen molar-refractivity contribution in [1.82, 2.24) is 20.0 Å². The number of likely N-dealkylation sites (N-methyl/N-ethyl adjacent to an activating group) is 1. The lowest BCUT2D eigenvalue weighted by Crippen LogP contribution is -2.35. The predicted octanol–water partition coefficient (Wildman–Crippen LogP) is 3.49. The fourth-order valence-corrected chi connectivity index (χ4v) is 3.85. The van der Waals surface area contributed by atoms with Crippen molar-refractivity contribution in [2.75, 3.05) is 25.5 Å². The molecule has 0 atom stereocenters. The fraction of sp³-hybridized carbons (Fsp3) is 0.450. The Morgan fingerprint density at radius 2 is 1.74 bits per heavy atom. The van der Waals surface area contributed by atoms with Gasteiger partial charge in [-0.1, -0.05) is 39.3 Å². The minimum Gasteiger partial charge on any atom is -0.475 e. The number of ether oxygens (including phenoxy) is 1. The highest BCUT2D eigenvalue weighted by atomic mass is 35.5. The number of carbonyl (C=O) groups is 1. The first-order chi connectivity index (χ1) is 14.5. The van der Waals surface area contributed by atoms with Gasteiger partial charge in [0.2, 0.25) is 5.88 Å². The van der Waals surface area contributed by atoms with Crippen LogP contribution in [0.1, 0.15) is 50.7 Å². The number of hydrogen-bond donors (Lipinski definition) is 3. The highest BCUT2D eigenvalue weighted by Gasteiger charge is 2.23. The van der Waals surface area contributed by atoms with Gasteiger partial charge in [0.25, 0.3) is 10.0 Å². The molecule has 2 aromatic rings. The molecule has 1 heterocycles. The summed E-state index contributed by atoms with van der Waals surface area (Å²) in [6, 6.07) is 2.62. The van der Waals surface area contributed by atoms with Crippen LogP contribution in [0.25, 0.3) is 0 Å². The second-order valence-electron chi connectivity index (χ2n) is 7.48. The number of hydrogen-bond acceptors (Lipinski definition) is 7. The molecule has 31 heavy (non-hydrogen) atoms.